The van der Waals surface area contributed by atoms with Gasteiger partial charge in [0, 0.05) is 21.5 Å². The maximum Gasteiger partial charge on any atom is 0.136 e. The van der Waals surface area contributed by atoms with E-state index < -0.39 is 0 Å². The molecule has 8 aromatic carbocycles. The molecule has 2 heteroatoms. The molecule has 2 heterocycles. The van der Waals surface area contributed by atoms with E-state index in [0.29, 0.717) is 0 Å². The van der Waals surface area contributed by atoms with Crippen LogP contribution in [0.4, 0.5) is 0 Å². The largest absolute Gasteiger partial charge is 0.456 e. The third-order valence-corrected chi connectivity index (χ3v) is 9.24. The Kier molecular flexibility index (Phi) is 4.75. The quantitative estimate of drug-likeness (QED) is 0.197. The minimum Gasteiger partial charge on any atom is -0.456 e. The third-order valence-electron chi connectivity index (χ3n) is 9.24. The van der Waals surface area contributed by atoms with Crippen LogP contribution >= 0.6 is 0 Å². The van der Waals surface area contributed by atoms with E-state index >= 15 is 0 Å². The lowest BCUT2D eigenvalue weighted by molar-refractivity contribution is 0.663. The topological polar surface area (TPSA) is 26.3 Å². The van der Waals surface area contributed by atoms with Gasteiger partial charge in [0.1, 0.15) is 22.3 Å². The molecule has 0 N–H and O–H groups in total. The van der Waals surface area contributed by atoms with E-state index in [0.717, 1.165) is 49.4 Å². The van der Waals surface area contributed by atoms with Gasteiger partial charge in [0.25, 0.3) is 0 Å². The molecule has 10 rings (SSSR count). The monoisotopic (exact) mass is 560 g/mol. The second-order valence-electron chi connectivity index (χ2n) is 11.6. The van der Waals surface area contributed by atoms with Crippen LogP contribution in [0.15, 0.2) is 154 Å². The first-order valence-electron chi connectivity index (χ1n) is 15.0. The second kappa shape index (κ2) is 8.82. The molecule has 204 valence electrons. The van der Waals surface area contributed by atoms with Gasteiger partial charge >= 0.3 is 0 Å². The normalized spacial score (nSPS) is 12.1. The summed E-state index contributed by atoms with van der Waals surface area (Å²) in [6.45, 7) is 0. The van der Waals surface area contributed by atoms with E-state index in [1.807, 2.05) is 24.3 Å². The molecule has 10 aromatic rings. The molecule has 0 fully saturated rings. The van der Waals surface area contributed by atoms with Crippen LogP contribution in [0, 0.1) is 0 Å². The molecule has 2 aromatic heterocycles. The van der Waals surface area contributed by atoms with Crippen molar-refractivity contribution in [3.8, 4) is 22.3 Å². The molecule has 44 heavy (non-hydrogen) atoms. The van der Waals surface area contributed by atoms with Gasteiger partial charge in [-0.3, -0.25) is 0 Å². The summed E-state index contributed by atoms with van der Waals surface area (Å²) in [7, 11) is 0. The molecule has 0 saturated heterocycles. The van der Waals surface area contributed by atoms with Crippen molar-refractivity contribution in [3.63, 3.8) is 0 Å². The molecular formula is C42H24O2. The zero-order chi connectivity index (χ0) is 28.8. The van der Waals surface area contributed by atoms with Gasteiger partial charge in [0.2, 0.25) is 0 Å². The number of benzene rings is 8. The van der Waals surface area contributed by atoms with Crippen molar-refractivity contribution in [1.82, 2.24) is 0 Å². The summed E-state index contributed by atoms with van der Waals surface area (Å²) in [6.07, 6.45) is 0. The fourth-order valence-electron chi connectivity index (χ4n) is 7.41. The average Bonchev–Trinajstić information content (AvgIpc) is 3.65. The molecule has 0 bridgehead atoms. The highest BCUT2D eigenvalue weighted by Crippen LogP contribution is 2.48. The van der Waals surface area contributed by atoms with Crippen molar-refractivity contribution in [1.29, 1.82) is 0 Å². The number of furan rings is 2. The Hall–Kier alpha value is -5.86. The molecule has 0 aliphatic carbocycles. The zero-order valence-electron chi connectivity index (χ0n) is 23.7. The van der Waals surface area contributed by atoms with Crippen molar-refractivity contribution in [2.75, 3.05) is 0 Å². The standard InChI is InChI=1S/C42H24O2/c1-2-11-26-24-27(21-20-25(26)10-1)38-28-12-3-5-14-30(28)39(31-15-6-4-13-29(31)38)33-17-9-19-35-41(33)42-37(44-35)23-22-36-40(42)32-16-7-8-18-34(32)43-36/h1-24H. The lowest BCUT2D eigenvalue weighted by atomic mass is 9.84. The maximum atomic E-state index is 6.56. The SMILES string of the molecule is c1ccc2cc(-c3c4ccccc4c(-c4cccc5oc6ccc7oc8ccccc8c7c6c45)c4ccccc34)ccc2c1. The van der Waals surface area contributed by atoms with Crippen LogP contribution in [0.1, 0.15) is 0 Å². The molecular weight excluding hydrogens is 536 g/mol. The number of fused-ring (bicyclic) bond motifs is 10. The van der Waals surface area contributed by atoms with E-state index in [1.54, 1.807) is 0 Å². The van der Waals surface area contributed by atoms with Gasteiger partial charge in [-0.05, 0) is 84.9 Å². The zero-order valence-corrected chi connectivity index (χ0v) is 23.7. The fourth-order valence-corrected chi connectivity index (χ4v) is 7.41. The van der Waals surface area contributed by atoms with Gasteiger partial charge in [0.15, 0.2) is 0 Å². The summed E-state index contributed by atoms with van der Waals surface area (Å²) in [6, 6.07) is 51.9. The molecule has 0 atom stereocenters. The molecule has 0 spiro atoms. The van der Waals surface area contributed by atoms with Crippen LogP contribution in [-0.4, -0.2) is 0 Å². The molecule has 0 amide bonds. The van der Waals surface area contributed by atoms with Gasteiger partial charge in [-0.25, -0.2) is 0 Å². The highest BCUT2D eigenvalue weighted by Gasteiger charge is 2.22. The third kappa shape index (κ3) is 3.20. The van der Waals surface area contributed by atoms with E-state index in [4.69, 9.17) is 8.83 Å². The molecule has 0 saturated carbocycles. The predicted molar refractivity (Wildman–Crippen MR) is 184 cm³/mol. The minimum absolute atomic E-state index is 0.868. The maximum absolute atomic E-state index is 6.56. The summed E-state index contributed by atoms with van der Waals surface area (Å²) in [4.78, 5) is 0. The first-order valence-corrected chi connectivity index (χ1v) is 15.0. The Morgan fingerprint density at radius 1 is 0.318 bits per heavy atom. The van der Waals surface area contributed by atoms with Crippen molar-refractivity contribution < 1.29 is 8.83 Å². The van der Waals surface area contributed by atoms with Gasteiger partial charge in [-0.15, -0.1) is 0 Å². The van der Waals surface area contributed by atoms with E-state index in [9.17, 15) is 0 Å². The van der Waals surface area contributed by atoms with Crippen LogP contribution in [0.25, 0.3) is 98.4 Å². The number of hydrogen-bond donors (Lipinski definition) is 0. The molecule has 2 nitrogen and oxygen atoms in total. The minimum atomic E-state index is 0.868. The summed E-state index contributed by atoms with van der Waals surface area (Å²) in [5.74, 6) is 0. The van der Waals surface area contributed by atoms with Crippen molar-refractivity contribution in [2.24, 2.45) is 0 Å². The first kappa shape index (κ1) is 23.7. The lowest BCUT2D eigenvalue weighted by Crippen LogP contribution is -1.91. The molecule has 0 aliphatic rings. The van der Waals surface area contributed by atoms with Crippen LogP contribution in [-0.2, 0) is 0 Å². The van der Waals surface area contributed by atoms with E-state index in [-0.39, 0.29) is 0 Å². The van der Waals surface area contributed by atoms with Gasteiger partial charge in [-0.1, -0.05) is 115 Å². The Morgan fingerprint density at radius 3 is 1.61 bits per heavy atom. The number of rotatable bonds is 2. The van der Waals surface area contributed by atoms with Crippen LogP contribution in [0.2, 0.25) is 0 Å². The smallest absolute Gasteiger partial charge is 0.136 e. The summed E-state index contributed by atoms with van der Waals surface area (Å²) >= 11 is 0. The Balaban J connectivity index is 1.38. The van der Waals surface area contributed by atoms with Crippen LogP contribution < -0.4 is 0 Å². The second-order valence-corrected chi connectivity index (χ2v) is 11.6. The highest BCUT2D eigenvalue weighted by atomic mass is 16.3. The van der Waals surface area contributed by atoms with E-state index in [2.05, 4.69) is 121 Å². The van der Waals surface area contributed by atoms with Gasteiger partial charge in [-0.2, -0.15) is 0 Å². The molecule has 0 unspecified atom stereocenters. The van der Waals surface area contributed by atoms with Crippen molar-refractivity contribution in [2.45, 2.75) is 0 Å². The van der Waals surface area contributed by atoms with Gasteiger partial charge in [0.05, 0.1) is 0 Å². The molecule has 0 aliphatic heterocycles. The highest BCUT2D eigenvalue weighted by molar-refractivity contribution is 6.31. The predicted octanol–water partition coefficient (Wildman–Crippen LogP) is 12.3. The van der Waals surface area contributed by atoms with Crippen molar-refractivity contribution >= 4 is 76.2 Å². The summed E-state index contributed by atoms with van der Waals surface area (Å²) < 4.78 is 12.9. The van der Waals surface area contributed by atoms with Gasteiger partial charge < -0.3 is 8.83 Å². The fraction of sp³-hybridized carbons (Fsp3) is 0. The first-order chi connectivity index (χ1) is 21.8. The lowest BCUT2D eigenvalue weighted by Gasteiger charge is -2.18. The average molecular weight is 561 g/mol. The summed E-state index contributed by atoms with van der Waals surface area (Å²) in [5.41, 5.74) is 8.37. The van der Waals surface area contributed by atoms with Crippen molar-refractivity contribution in [3.05, 3.63) is 146 Å². The number of hydrogen-bond acceptors (Lipinski definition) is 2. The van der Waals surface area contributed by atoms with Crippen LogP contribution in [0.5, 0.6) is 0 Å². The Labute approximate surface area is 252 Å². The Bertz CT molecular complexity index is 2720. The van der Waals surface area contributed by atoms with E-state index in [1.165, 1.54) is 49.0 Å². The molecule has 0 radical (unpaired) electrons. The van der Waals surface area contributed by atoms with Crippen LogP contribution in [0.3, 0.4) is 0 Å². The summed E-state index contributed by atoms with van der Waals surface area (Å²) in [5, 5.41) is 11.8. The Morgan fingerprint density at radius 2 is 0.864 bits per heavy atom. The number of para-hydroxylation sites is 1.